The van der Waals surface area contributed by atoms with Crippen LogP contribution in [0.25, 0.3) is 6.08 Å². The molecule has 0 bridgehead atoms. The molecule has 1 N–H and O–H groups in total. The molecule has 5 heteroatoms. The Bertz CT molecular complexity index is 609. The van der Waals surface area contributed by atoms with Crippen LogP contribution in [0, 0.1) is 0 Å². The van der Waals surface area contributed by atoms with Gasteiger partial charge in [-0.25, -0.2) is 4.21 Å². The van der Waals surface area contributed by atoms with Crippen LogP contribution in [0.4, 0.5) is 5.69 Å². The number of nitrogens with one attached hydrogen (secondary N) is 1. The predicted octanol–water partition coefficient (Wildman–Crippen LogP) is 4.10. The number of hydrogen-bond acceptors (Lipinski definition) is 2. The Kier molecular flexibility index (Phi) is 5.21. The van der Waals surface area contributed by atoms with E-state index in [0.29, 0.717) is 5.02 Å². The molecule has 0 aromatic heterocycles. The Balaban J connectivity index is 1.96. The molecule has 0 radical (unpaired) electrons. The number of halogens is 1. The monoisotopic (exact) mass is 307 g/mol. The van der Waals surface area contributed by atoms with E-state index in [0.717, 1.165) is 17.0 Å². The summed E-state index contributed by atoms with van der Waals surface area (Å²) in [6, 6.07) is 14.6. The standard InChI is InChI=1S/C15H14ClNO2S/c1-19-15-8-2-12(3-9-15)10-11-20(18)17-14-6-4-13(16)5-7-14/h2-11,17H,1H3. The molecule has 104 valence electrons. The zero-order valence-electron chi connectivity index (χ0n) is 10.9. The molecule has 20 heavy (non-hydrogen) atoms. The lowest BCUT2D eigenvalue weighted by molar-refractivity contribution is 0.415. The van der Waals surface area contributed by atoms with Crippen molar-refractivity contribution < 1.29 is 8.95 Å². The molecule has 0 heterocycles. The summed E-state index contributed by atoms with van der Waals surface area (Å²) in [4.78, 5) is 0. The first-order valence-corrected chi connectivity index (χ1v) is 7.51. The van der Waals surface area contributed by atoms with Crippen molar-refractivity contribution in [2.75, 3.05) is 11.8 Å². The largest absolute Gasteiger partial charge is 0.497 e. The van der Waals surface area contributed by atoms with Crippen molar-refractivity contribution in [3.63, 3.8) is 0 Å². The molecule has 0 spiro atoms. The number of ether oxygens (including phenoxy) is 1. The lowest BCUT2D eigenvalue weighted by atomic mass is 10.2. The molecule has 0 aliphatic rings. The van der Waals surface area contributed by atoms with Crippen molar-refractivity contribution in [1.29, 1.82) is 0 Å². The summed E-state index contributed by atoms with van der Waals surface area (Å²) >= 11 is 5.79. The van der Waals surface area contributed by atoms with Gasteiger partial charge in [-0.2, -0.15) is 0 Å². The fourth-order valence-electron chi connectivity index (χ4n) is 1.52. The first-order chi connectivity index (χ1) is 9.67. The van der Waals surface area contributed by atoms with Gasteiger partial charge in [-0.3, -0.25) is 0 Å². The molecular formula is C15H14ClNO2S. The predicted molar refractivity (Wildman–Crippen MR) is 85.2 cm³/mol. The maximum absolute atomic E-state index is 11.8. The van der Waals surface area contributed by atoms with Gasteiger partial charge in [0.2, 0.25) is 0 Å². The molecule has 0 fully saturated rings. The van der Waals surface area contributed by atoms with E-state index in [1.54, 1.807) is 42.9 Å². The maximum Gasteiger partial charge on any atom is 0.142 e. The Labute approximate surface area is 125 Å². The second kappa shape index (κ2) is 7.12. The van der Waals surface area contributed by atoms with Crippen LogP contribution in [0.5, 0.6) is 5.75 Å². The van der Waals surface area contributed by atoms with Gasteiger partial charge in [0.25, 0.3) is 0 Å². The minimum Gasteiger partial charge on any atom is -0.497 e. The third-order valence-corrected chi connectivity index (χ3v) is 3.63. The third kappa shape index (κ3) is 4.40. The van der Waals surface area contributed by atoms with Crippen molar-refractivity contribution >= 4 is 34.3 Å². The van der Waals surface area contributed by atoms with Gasteiger partial charge in [0.05, 0.1) is 7.11 Å². The zero-order chi connectivity index (χ0) is 14.4. The summed E-state index contributed by atoms with van der Waals surface area (Å²) in [6.45, 7) is 0. The van der Waals surface area contributed by atoms with Crippen molar-refractivity contribution in [2.45, 2.75) is 0 Å². The van der Waals surface area contributed by atoms with Gasteiger partial charge in [-0.1, -0.05) is 23.7 Å². The lowest BCUT2D eigenvalue weighted by Gasteiger charge is -2.02. The Morgan fingerprint density at radius 2 is 1.75 bits per heavy atom. The fraction of sp³-hybridized carbons (Fsp3) is 0.0667. The average Bonchev–Trinajstić information content (AvgIpc) is 2.48. The second-order valence-corrected chi connectivity index (χ2v) is 5.49. The number of anilines is 1. The van der Waals surface area contributed by atoms with Gasteiger partial charge in [-0.15, -0.1) is 0 Å². The highest BCUT2D eigenvalue weighted by Crippen LogP contribution is 2.15. The van der Waals surface area contributed by atoms with Crippen LogP contribution in [-0.2, 0) is 11.0 Å². The molecule has 3 nitrogen and oxygen atoms in total. The highest BCUT2D eigenvalue weighted by Gasteiger charge is 1.96. The van der Waals surface area contributed by atoms with E-state index >= 15 is 0 Å². The normalized spacial score (nSPS) is 12.3. The molecule has 0 aliphatic carbocycles. The SMILES string of the molecule is COc1ccc(C=CS(=O)Nc2ccc(Cl)cc2)cc1. The quantitative estimate of drug-likeness (QED) is 0.903. The number of benzene rings is 2. The van der Waals surface area contributed by atoms with Crippen molar-refractivity contribution in [3.05, 3.63) is 64.5 Å². The number of methoxy groups -OCH3 is 1. The van der Waals surface area contributed by atoms with Crippen LogP contribution >= 0.6 is 11.6 Å². The number of hydrogen-bond donors (Lipinski definition) is 1. The summed E-state index contributed by atoms with van der Waals surface area (Å²) in [6.07, 6.45) is 1.79. The first kappa shape index (κ1) is 14.6. The fourth-order valence-corrected chi connectivity index (χ4v) is 2.37. The third-order valence-electron chi connectivity index (χ3n) is 2.56. The summed E-state index contributed by atoms with van der Waals surface area (Å²) < 4.78 is 19.8. The zero-order valence-corrected chi connectivity index (χ0v) is 12.4. The minimum atomic E-state index is -1.29. The Morgan fingerprint density at radius 1 is 1.10 bits per heavy atom. The molecule has 2 aromatic carbocycles. The lowest BCUT2D eigenvalue weighted by Crippen LogP contribution is -1.99. The van der Waals surface area contributed by atoms with Gasteiger partial charge in [0.15, 0.2) is 0 Å². The van der Waals surface area contributed by atoms with E-state index in [4.69, 9.17) is 16.3 Å². The molecular weight excluding hydrogens is 294 g/mol. The smallest absolute Gasteiger partial charge is 0.142 e. The molecule has 0 amide bonds. The van der Waals surface area contributed by atoms with Gasteiger partial charge in [0, 0.05) is 16.1 Å². The average molecular weight is 308 g/mol. The first-order valence-electron chi connectivity index (χ1n) is 5.92. The van der Waals surface area contributed by atoms with Crippen LogP contribution in [0.1, 0.15) is 5.56 Å². The van der Waals surface area contributed by atoms with Crippen molar-refractivity contribution in [2.24, 2.45) is 0 Å². The van der Waals surface area contributed by atoms with E-state index in [2.05, 4.69) is 4.72 Å². The van der Waals surface area contributed by atoms with E-state index in [1.165, 1.54) is 0 Å². The summed E-state index contributed by atoms with van der Waals surface area (Å²) in [5, 5.41) is 2.24. The van der Waals surface area contributed by atoms with E-state index in [1.807, 2.05) is 24.3 Å². The number of rotatable bonds is 5. The van der Waals surface area contributed by atoms with Gasteiger partial charge >= 0.3 is 0 Å². The Hall–Kier alpha value is -1.78. The molecule has 0 saturated heterocycles. The van der Waals surface area contributed by atoms with Crippen molar-refractivity contribution in [1.82, 2.24) is 0 Å². The van der Waals surface area contributed by atoms with Crippen LogP contribution < -0.4 is 9.46 Å². The van der Waals surface area contributed by atoms with E-state index in [9.17, 15) is 4.21 Å². The highest BCUT2D eigenvalue weighted by molar-refractivity contribution is 7.89. The van der Waals surface area contributed by atoms with Crippen LogP contribution in [0.3, 0.4) is 0 Å². The van der Waals surface area contributed by atoms with Crippen LogP contribution in [0.2, 0.25) is 5.02 Å². The van der Waals surface area contributed by atoms with Gasteiger partial charge < -0.3 is 9.46 Å². The summed E-state index contributed by atoms with van der Waals surface area (Å²) in [7, 11) is 0.331. The Morgan fingerprint density at radius 3 is 2.35 bits per heavy atom. The van der Waals surface area contributed by atoms with Crippen LogP contribution in [0.15, 0.2) is 53.9 Å². The molecule has 2 aromatic rings. The van der Waals surface area contributed by atoms with E-state index < -0.39 is 11.0 Å². The van der Waals surface area contributed by atoms with Crippen LogP contribution in [-0.4, -0.2) is 11.3 Å². The van der Waals surface area contributed by atoms with E-state index in [-0.39, 0.29) is 0 Å². The van der Waals surface area contributed by atoms with Gasteiger partial charge in [-0.05, 0) is 48.0 Å². The molecule has 0 saturated carbocycles. The molecule has 1 unspecified atom stereocenters. The molecule has 2 rings (SSSR count). The topological polar surface area (TPSA) is 38.3 Å². The minimum absolute atomic E-state index is 0.648. The second-order valence-electron chi connectivity index (χ2n) is 3.98. The van der Waals surface area contributed by atoms with Gasteiger partial charge in [0.1, 0.15) is 16.7 Å². The van der Waals surface area contributed by atoms with Crippen molar-refractivity contribution in [3.8, 4) is 5.75 Å². The summed E-state index contributed by atoms with van der Waals surface area (Å²) in [5.74, 6) is 0.794. The molecule has 1 atom stereocenters. The maximum atomic E-state index is 11.8. The summed E-state index contributed by atoms with van der Waals surface area (Å²) in [5.41, 5.74) is 1.71. The molecule has 0 aliphatic heterocycles. The highest BCUT2D eigenvalue weighted by atomic mass is 35.5.